The number of nitrogens with one attached hydrogen (secondary N) is 1. The van der Waals surface area contributed by atoms with Crippen molar-refractivity contribution in [2.75, 3.05) is 0 Å². The van der Waals surface area contributed by atoms with Crippen LogP contribution in [0.4, 0.5) is 0 Å². The normalized spacial score (nSPS) is 14.9. The summed E-state index contributed by atoms with van der Waals surface area (Å²) in [5.41, 5.74) is 2.24. The SMILES string of the molecule is CC(NS(=O)(=O)C(C)(C)C)C(Cc1ccc(Cl)cc1)c1ccccc1. The summed E-state index contributed by atoms with van der Waals surface area (Å²) in [6.07, 6.45) is 0.731. The highest BCUT2D eigenvalue weighted by atomic mass is 35.5. The lowest BCUT2D eigenvalue weighted by molar-refractivity contribution is 0.487. The van der Waals surface area contributed by atoms with Crippen molar-refractivity contribution in [3.8, 4) is 0 Å². The molecular formula is C20H26ClNO2S. The molecule has 1 N–H and O–H groups in total. The van der Waals surface area contributed by atoms with Gasteiger partial charge < -0.3 is 0 Å². The number of halogens is 1. The molecule has 0 spiro atoms. The van der Waals surface area contributed by atoms with Gasteiger partial charge in [0, 0.05) is 17.0 Å². The Balaban J connectivity index is 2.30. The third kappa shape index (κ3) is 5.30. The fourth-order valence-electron chi connectivity index (χ4n) is 2.66. The zero-order valence-electron chi connectivity index (χ0n) is 15.2. The summed E-state index contributed by atoms with van der Waals surface area (Å²) in [6, 6.07) is 17.5. The lowest BCUT2D eigenvalue weighted by Crippen LogP contribution is -2.46. The Morgan fingerprint density at radius 3 is 2.08 bits per heavy atom. The second kappa shape index (κ2) is 7.90. The molecule has 0 aliphatic carbocycles. The van der Waals surface area contributed by atoms with Crippen molar-refractivity contribution >= 4 is 21.6 Å². The number of sulfonamides is 1. The summed E-state index contributed by atoms with van der Waals surface area (Å²) < 4.78 is 27.2. The van der Waals surface area contributed by atoms with Gasteiger partial charge >= 0.3 is 0 Å². The van der Waals surface area contributed by atoms with Crippen molar-refractivity contribution in [1.82, 2.24) is 4.72 Å². The van der Waals surface area contributed by atoms with Crippen LogP contribution >= 0.6 is 11.6 Å². The number of rotatable bonds is 6. The molecule has 0 saturated carbocycles. The summed E-state index contributed by atoms with van der Waals surface area (Å²) >= 11 is 5.97. The molecular weight excluding hydrogens is 354 g/mol. The van der Waals surface area contributed by atoms with E-state index in [1.54, 1.807) is 20.8 Å². The molecule has 0 aromatic heterocycles. The van der Waals surface area contributed by atoms with Crippen molar-refractivity contribution in [3.63, 3.8) is 0 Å². The van der Waals surface area contributed by atoms with E-state index >= 15 is 0 Å². The molecule has 2 aromatic rings. The van der Waals surface area contributed by atoms with Crippen molar-refractivity contribution in [1.29, 1.82) is 0 Å². The molecule has 0 saturated heterocycles. The van der Waals surface area contributed by atoms with E-state index in [9.17, 15) is 8.42 Å². The minimum Gasteiger partial charge on any atom is -0.212 e. The fourth-order valence-corrected chi connectivity index (χ4v) is 3.79. The minimum absolute atomic E-state index is 0.0273. The largest absolute Gasteiger partial charge is 0.216 e. The zero-order chi connectivity index (χ0) is 18.7. The van der Waals surface area contributed by atoms with Crippen LogP contribution in [0.5, 0.6) is 0 Å². The summed E-state index contributed by atoms with van der Waals surface area (Å²) in [7, 11) is -3.42. The first-order valence-corrected chi connectivity index (χ1v) is 10.3. The number of hydrogen-bond donors (Lipinski definition) is 1. The Morgan fingerprint density at radius 1 is 1.00 bits per heavy atom. The molecule has 0 radical (unpaired) electrons. The van der Waals surface area contributed by atoms with Crippen LogP contribution in [0, 0.1) is 0 Å². The van der Waals surface area contributed by atoms with Crippen LogP contribution in [0.15, 0.2) is 54.6 Å². The van der Waals surface area contributed by atoms with Crippen LogP contribution in [0.1, 0.15) is 44.7 Å². The van der Waals surface area contributed by atoms with Gasteiger partial charge in [-0.15, -0.1) is 0 Å². The van der Waals surface area contributed by atoms with E-state index in [0.29, 0.717) is 5.02 Å². The predicted molar refractivity (Wildman–Crippen MR) is 106 cm³/mol. The van der Waals surface area contributed by atoms with Crippen LogP contribution in [0.2, 0.25) is 5.02 Å². The predicted octanol–water partition coefficient (Wildman–Crippen LogP) is 4.77. The lowest BCUT2D eigenvalue weighted by Gasteiger charge is -2.29. The number of hydrogen-bond acceptors (Lipinski definition) is 2. The maximum atomic E-state index is 12.6. The molecule has 5 heteroatoms. The monoisotopic (exact) mass is 379 g/mol. The molecule has 0 aliphatic heterocycles. The smallest absolute Gasteiger partial charge is 0.212 e. The van der Waals surface area contributed by atoms with E-state index in [2.05, 4.69) is 4.72 Å². The summed E-state index contributed by atoms with van der Waals surface area (Å²) in [4.78, 5) is 0. The maximum Gasteiger partial charge on any atom is 0.216 e. The molecule has 2 aromatic carbocycles. The summed E-state index contributed by atoms with van der Waals surface area (Å²) in [5, 5.41) is 0.696. The second-order valence-corrected chi connectivity index (χ2v) is 10.3. The second-order valence-electron chi connectivity index (χ2n) is 7.37. The van der Waals surface area contributed by atoms with Gasteiger partial charge in [0.05, 0.1) is 4.75 Å². The van der Waals surface area contributed by atoms with Gasteiger partial charge in [-0.25, -0.2) is 13.1 Å². The number of benzene rings is 2. The van der Waals surface area contributed by atoms with E-state index in [1.807, 2.05) is 61.5 Å². The highest BCUT2D eigenvalue weighted by Crippen LogP contribution is 2.27. The zero-order valence-corrected chi connectivity index (χ0v) is 16.7. The van der Waals surface area contributed by atoms with E-state index in [-0.39, 0.29) is 12.0 Å². The van der Waals surface area contributed by atoms with Crippen molar-refractivity contribution in [3.05, 3.63) is 70.7 Å². The Hall–Kier alpha value is -1.36. The van der Waals surface area contributed by atoms with E-state index in [4.69, 9.17) is 11.6 Å². The van der Waals surface area contributed by atoms with Crippen molar-refractivity contribution in [2.24, 2.45) is 0 Å². The van der Waals surface area contributed by atoms with Crippen LogP contribution in [0.3, 0.4) is 0 Å². The third-order valence-corrected chi connectivity index (χ3v) is 6.89. The quantitative estimate of drug-likeness (QED) is 0.785. The first kappa shape index (κ1) is 20.0. The Bertz CT molecular complexity index is 781. The highest BCUT2D eigenvalue weighted by molar-refractivity contribution is 7.90. The molecule has 0 amide bonds. The molecule has 2 atom stereocenters. The standard InChI is InChI=1S/C20H26ClNO2S/c1-15(22-25(23,24)20(2,3)4)19(17-8-6-5-7-9-17)14-16-10-12-18(21)13-11-16/h5-13,15,19,22H,14H2,1-4H3. The molecule has 136 valence electrons. The first-order chi connectivity index (χ1) is 11.6. The van der Waals surface area contributed by atoms with E-state index in [0.717, 1.165) is 17.5 Å². The Morgan fingerprint density at radius 2 is 1.56 bits per heavy atom. The van der Waals surface area contributed by atoms with E-state index in [1.165, 1.54) is 0 Å². The molecule has 0 heterocycles. The topological polar surface area (TPSA) is 46.2 Å². The minimum atomic E-state index is -3.42. The van der Waals surface area contributed by atoms with E-state index < -0.39 is 14.8 Å². The molecule has 2 unspecified atom stereocenters. The maximum absolute atomic E-state index is 12.6. The lowest BCUT2D eigenvalue weighted by atomic mass is 9.87. The summed E-state index contributed by atoms with van der Waals surface area (Å²) in [5.74, 6) is 0.0273. The van der Waals surface area contributed by atoms with Crippen LogP contribution in [-0.2, 0) is 16.4 Å². The van der Waals surface area contributed by atoms with Gasteiger partial charge in [0.2, 0.25) is 10.0 Å². The molecule has 3 nitrogen and oxygen atoms in total. The van der Waals surface area contributed by atoms with Gasteiger partial charge in [-0.2, -0.15) is 0 Å². The average molecular weight is 380 g/mol. The van der Waals surface area contributed by atoms with Gasteiger partial charge in [-0.3, -0.25) is 0 Å². The van der Waals surface area contributed by atoms with Crippen LogP contribution < -0.4 is 4.72 Å². The third-order valence-electron chi connectivity index (χ3n) is 4.35. The molecule has 0 fully saturated rings. The molecule has 25 heavy (non-hydrogen) atoms. The highest BCUT2D eigenvalue weighted by Gasteiger charge is 2.32. The Kier molecular flexibility index (Phi) is 6.30. The first-order valence-electron chi connectivity index (χ1n) is 8.41. The molecule has 2 rings (SSSR count). The van der Waals surface area contributed by atoms with Gasteiger partial charge in [0.25, 0.3) is 0 Å². The Labute approximate surface area is 156 Å². The summed E-state index contributed by atoms with van der Waals surface area (Å²) in [6.45, 7) is 7.05. The van der Waals surface area contributed by atoms with Gasteiger partial charge in [-0.05, 0) is 57.4 Å². The average Bonchev–Trinajstić information content (AvgIpc) is 2.53. The fraction of sp³-hybridized carbons (Fsp3) is 0.400. The van der Waals surface area contributed by atoms with Gasteiger partial charge in [0.15, 0.2) is 0 Å². The molecule has 0 aliphatic rings. The van der Waals surface area contributed by atoms with Crippen molar-refractivity contribution in [2.45, 2.75) is 50.8 Å². The van der Waals surface area contributed by atoms with Crippen LogP contribution in [0.25, 0.3) is 0 Å². The van der Waals surface area contributed by atoms with Gasteiger partial charge in [0.1, 0.15) is 0 Å². The van der Waals surface area contributed by atoms with Crippen LogP contribution in [-0.4, -0.2) is 19.2 Å². The van der Waals surface area contributed by atoms with Gasteiger partial charge in [-0.1, -0.05) is 54.1 Å². The molecule has 0 bridgehead atoms. The van der Waals surface area contributed by atoms with Crippen molar-refractivity contribution < 1.29 is 8.42 Å².